The fourth-order valence-electron chi connectivity index (χ4n) is 2.95. The quantitative estimate of drug-likeness (QED) is 0.482. The molecule has 10 heteroatoms. The standard InChI is InChI=1S/C21H21Cl2N5O2S/c1-13-6-8-14(9-7-13)20-25-26-21(31)28(20)11-10-18(30)27(2)12-17(29)24-19-15(22)4-3-5-16(19)23/h3-9H,10-12H2,1-2H3,(H,24,29)(H,26,31). The van der Waals surface area contributed by atoms with E-state index in [2.05, 4.69) is 15.5 Å². The Labute approximate surface area is 195 Å². The number of hydrogen-bond donors (Lipinski definition) is 2. The number of aryl methyl sites for hydroxylation is 1. The average molecular weight is 478 g/mol. The number of amides is 2. The summed E-state index contributed by atoms with van der Waals surface area (Å²) in [4.78, 5) is 26.2. The molecule has 0 fully saturated rings. The largest absolute Gasteiger partial charge is 0.336 e. The second-order valence-corrected chi connectivity index (χ2v) is 8.22. The zero-order chi connectivity index (χ0) is 22.5. The summed E-state index contributed by atoms with van der Waals surface area (Å²) in [5, 5.41) is 10.4. The summed E-state index contributed by atoms with van der Waals surface area (Å²) in [5.74, 6) is 0.0519. The van der Waals surface area contributed by atoms with Crippen molar-refractivity contribution in [3.8, 4) is 11.4 Å². The molecule has 3 aromatic rings. The van der Waals surface area contributed by atoms with Crippen LogP contribution in [0.2, 0.25) is 10.0 Å². The van der Waals surface area contributed by atoms with Gasteiger partial charge in [0.2, 0.25) is 11.8 Å². The number of rotatable bonds is 7. The van der Waals surface area contributed by atoms with Gasteiger partial charge in [-0.2, -0.15) is 5.10 Å². The lowest BCUT2D eigenvalue weighted by Crippen LogP contribution is -2.35. The smallest absolute Gasteiger partial charge is 0.244 e. The minimum Gasteiger partial charge on any atom is -0.336 e. The van der Waals surface area contributed by atoms with Crippen LogP contribution in [0.1, 0.15) is 12.0 Å². The molecule has 0 saturated heterocycles. The first-order chi connectivity index (χ1) is 14.8. The van der Waals surface area contributed by atoms with E-state index in [1.54, 1.807) is 29.8 Å². The van der Waals surface area contributed by atoms with E-state index in [1.807, 2.05) is 31.2 Å². The fourth-order valence-corrected chi connectivity index (χ4v) is 3.66. The van der Waals surface area contributed by atoms with Crippen LogP contribution < -0.4 is 5.32 Å². The Morgan fingerprint density at radius 3 is 2.45 bits per heavy atom. The highest BCUT2D eigenvalue weighted by molar-refractivity contribution is 7.71. The first-order valence-electron chi connectivity index (χ1n) is 9.46. The van der Waals surface area contributed by atoms with E-state index in [1.165, 1.54) is 4.90 Å². The number of carbonyl (C=O) groups is 2. The molecule has 1 aromatic heterocycles. The number of aromatic nitrogens is 3. The number of anilines is 1. The molecule has 0 bridgehead atoms. The lowest BCUT2D eigenvalue weighted by Gasteiger charge is -2.18. The van der Waals surface area contributed by atoms with Crippen LogP contribution in [0.15, 0.2) is 42.5 Å². The molecule has 0 spiro atoms. The summed E-state index contributed by atoms with van der Waals surface area (Å²) in [6.07, 6.45) is 0.156. The van der Waals surface area contributed by atoms with E-state index >= 15 is 0 Å². The van der Waals surface area contributed by atoms with E-state index in [0.717, 1.165) is 11.1 Å². The molecule has 0 atom stereocenters. The highest BCUT2D eigenvalue weighted by atomic mass is 35.5. The fraction of sp³-hybridized carbons (Fsp3) is 0.238. The van der Waals surface area contributed by atoms with Crippen LogP contribution in [-0.4, -0.2) is 45.1 Å². The van der Waals surface area contributed by atoms with Gasteiger partial charge in [-0.25, -0.2) is 0 Å². The van der Waals surface area contributed by atoms with Crippen molar-refractivity contribution >= 4 is 52.9 Å². The molecule has 0 aliphatic heterocycles. The predicted molar refractivity (Wildman–Crippen MR) is 125 cm³/mol. The van der Waals surface area contributed by atoms with Crippen molar-refractivity contribution in [2.75, 3.05) is 18.9 Å². The van der Waals surface area contributed by atoms with Crippen molar-refractivity contribution in [1.29, 1.82) is 0 Å². The number of nitrogens with one attached hydrogen (secondary N) is 2. The molecule has 0 saturated carbocycles. The van der Waals surface area contributed by atoms with Gasteiger partial charge in [-0.1, -0.05) is 59.1 Å². The summed E-state index contributed by atoms with van der Waals surface area (Å²) in [6.45, 7) is 2.20. The lowest BCUT2D eigenvalue weighted by molar-refractivity contribution is -0.133. The molecule has 2 aromatic carbocycles. The average Bonchev–Trinajstić information content (AvgIpc) is 3.10. The third-order valence-corrected chi connectivity index (χ3v) is 5.59. The molecular formula is C21H21Cl2N5O2S. The molecule has 0 radical (unpaired) electrons. The topological polar surface area (TPSA) is 83.0 Å². The van der Waals surface area contributed by atoms with Gasteiger partial charge in [0.25, 0.3) is 0 Å². The molecular weight excluding hydrogens is 457 g/mol. The molecule has 2 amide bonds. The number of benzene rings is 2. The molecule has 7 nitrogen and oxygen atoms in total. The van der Waals surface area contributed by atoms with Crippen LogP contribution in [0.3, 0.4) is 0 Å². The SMILES string of the molecule is Cc1ccc(-c2n[nH]c(=S)n2CCC(=O)N(C)CC(=O)Nc2c(Cl)cccc2Cl)cc1. The molecule has 2 N–H and O–H groups in total. The van der Waals surface area contributed by atoms with Crippen molar-refractivity contribution < 1.29 is 9.59 Å². The Balaban J connectivity index is 1.61. The van der Waals surface area contributed by atoms with E-state index in [0.29, 0.717) is 32.9 Å². The maximum Gasteiger partial charge on any atom is 0.244 e. The van der Waals surface area contributed by atoms with Gasteiger partial charge in [0.05, 0.1) is 22.3 Å². The van der Waals surface area contributed by atoms with Gasteiger partial charge >= 0.3 is 0 Å². The molecule has 1 heterocycles. The van der Waals surface area contributed by atoms with Crippen molar-refractivity contribution in [2.45, 2.75) is 19.9 Å². The number of carbonyl (C=O) groups excluding carboxylic acids is 2. The van der Waals surface area contributed by atoms with Crippen molar-refractivity contribution in [1.82, 2.24) is 19.7 Å². The van der Waals surface area contributed by atoms with Gasteiger partial charge in [0.1, 0.15) is 0 Å². The highest BCUT2D eigenvalue weighted by Crippen LogP contribution is 2.29. The number of aromatic amines is 1. The minimum atomic E-state index is -0.397. The van der Waals surface area contributed by atoms with Gasteiger partial charge < -0.3 is 10.2 Å². The number of likely N-dealkylation sites (N-methyl/N-ethyl adjacent to an activating group) is 1. The Hall–Kier alpha value is -2.68. The van der Waals surface area contributed by atoms with Gasteiger partial charge in [-0.3, -0.25) is 19.3 Å². The number of H-pyrrole nitrogens is 1. The first-order valence-corrected chi connectivity index (χ1v) is 10.6. The monoisotopic (exact) mass is 477 g/mol. The van der Waals surface area contributed by atoms with Crippen LogP contribution in [0.5, 0.6) is 0 Å². The van der Waals surface area contributed by atoms with Crippen LogP contribution in [0.4, 0.5) is 5.69 Å². The Morgan fingerprint density at radius 2 is 1.81 bits per heavy atom. The van der Waals surface area contributed by atoms with E-state index in [4.69, 9.17) is 35.4 Å². The second-order valence-electron chi connectivity index (χ2n) is 7.01. The summed E-state index contributed by atoms with van der Waals surface area (Å²) in [7, 11) is 1.56. The maximum atomic E-state index is 12.6. The summed E-state index contributed by atoms with van der Waals surface area (Å²) < 4.78 is 2.20. The third kappa shape index (κ3) is 5.72. The lowest BCUT2D eigenvalue weighted by atomic mass is 10.1. The number of hydrogen-bond acceptors (Lipinski definition) is 4. The van der Waals surface area contributed by atoms with E-state index in [9.17, 15) is 9.59 Å². The molecule has 162 valence electrons. The zero-order valence-electron chi connectivity index (χ0n) is 17.0. The first kappa shape index (κ1) is 23.0. The normalized spacial score (nSPS) is 10.7. The number of halogens is 2. The highest BCUT2D eigenvalue weighted by Gasteiger charge is 2.17. The molecule has 0 unspecified atom stereocenters. The van der Waals surface area contributed by atoms with Crippen molar-refractivity contribution in [2.24, 2.45) is 0 Å². The van der Waals surface area contributed by atoms with Crippen LogP contribution in [0, 0.1) is 11.7 Å². The Bertz CT molecular complexity index is 1140. The zero-order valence-corrected chi connectivity index (χ0v) is 19.3. The summed E-state index contributed by atoms with van der Waals surface area (Å²) >= 11 is 17.4. The summed E-state index contributed by atoms with van der Waals surface area (Å²) in [5.41, 5.74) is 2.36. The van der Waals surface area contributed by atoms with E-state index < -0.39 is 5.91 Å². The minimum absolute atomic E-state index is 0.137. The van der Waals surface area contributed by atoms with Gasteiger partial charge in [0, 0.05) is 25.6 Å². The van der Waals surface area contributed by atoms with Crippen LogP contribution >= 0.6 is 35.4 Å². The van der Waals surface area contributed by atoms with Gasteiger partial charge in [-0.15, -0.1) is 0 Å². The Kier molecular flexibility index (Phi) is 7.48. The van der Waals surface area contributed by atoms with Gasteiger partial charge in [0.15, 0.2) is 10.6 Å². The van der Waals surface area contributed by atoms with E-state index in [-0.39, 0.29) is 18.9 Å². The number of para-hydroxylation sites is 1. The van der Waals surface area contributed by atoms with Crippen LogP contribution in [0.25, 0.3) is 11.4 Å². The second kappa shape index (κ2) is 10.1. The molecule has 0 aliphatic rings. The Morgan fingerprint density at radius 1 is 1.16 bits per heavy atom. The van der Waals surface area contributed by atoms with Crippen molar-refractivity contribution in [3.63, 3.8) is 0 Å². The van der Waals surface area contributed by atoms with Crippen LogP contribution in [-0.2, 0) is 16.1 Å². The molecule has 3 rings (SSSR count). The number of nitrogens with zero attached hydrogens (tertiary/aromatic N) is 3. The molecule has 31 heavy (non-hydrogen) atoms. The summed E-state index contributed by atoms with van der Waals surface area (Å²) in [6, 6.07) is 12.8. The predicted octanol–water partition coefficient (Wildman–Crippen LogP) is 4.71. The maximum absolute atomic E-state index is 12.6. The third-order valence-electron chi connectivity index (χ3n) is 4.65. The molecule has 0 aliphatic carbocycles. The van der Waals surface area contributed by atoms with Crippen molar-refractivity contribution in [3.05, 3.63) is 62.8 Å². The van der Waals surface area contributed by atoms with Gasteiger partial charge in [-0.05, 0) is 31.3 Å².